The molecular formula is C52H103NO7P+. The van der Waals surface area contributed by atoms with Crippen LogP contribution in [-0.2, 0) is 27.9 Å². The van der Waals surface area contributed by atoms with Gasteiger partial charge in [-0.3, -0.25) is 13.8 Å². The van der Waals surface area contributed by atoms with Crippen LogP contribution in [0.25, 0.3) is 0 Å². The molecule has 0 aliphatic carbocycles. The molecule has 0 spiro atoms. The fraction of sp³-hybridized carbons (Fsp3) is 0.904. The third-order valence-electron chi connectivity index (χ3n) is 11.5. The lowest BCUT2D eigenvalue weighted by Crippen LogP contribution is -2.37. The normalized spacial score (nSPS) is 13.7. The molecule has 0 aromatic heterocycles. The number of phosphoric ester groups is 1. The van der Waals surface area contributed by atoms with Crippen LogP contribution in [-0.4, -0.2) is 75.6 Å². The molecule has 0 bridgehead atoms. The van der Waals surface area contributed by atoms with E-state index in [1.807, 2.05) is 21.1 Å². The molecule has 9 heteroatoms. The predicted octanol–water partition coefficient (Wildman–Crippen LogP) is 16.0. The highest BCUT2D eigenvalue weighted by Crippen LogP contribution is 2.43. The quantitative estimate of drug-likeness (QED) is 0.0214. The molecule has 0 rings (SSSR count). The maximum absolute atomic E-state index is 12.8. The lowest BCUT2D eigenvalue weighted by molar-refractivity contribution is -0.870. The highest BCUT2D eigenvalue weighted by molar-refractivity contribution is 7.47. The number of nitrogens with zero attached hydrogens (tertiary/aromatic N) is 1. The minimum atomic E-state index is -4.28. The van der Waals surface area contributed by atoms with Crippen LogP contribution >= 0.6 is 7.82 Å². The van der Waals surface area contributed by atoms with E-state index in [0.717, 1.165) is 38.5 Å². The monoisotopic (exact) mass is 885 g/mol. The lowest BCUT2D eigenvalue weighted by Gasteiger charge is -2.24. The number of phosphoric acid groups is 1. The summed E-state index contributed by atoms with van der Waals surface area (Å²) in [5.74, 6) is -0.313. The highest BCUT2D eigenvalue weighted by atomic mass is 31.2. The van der Waals surface area contributed by atoms with Crippen molar-refractivity contribution >= 4 is 13.8 Å². The molecular weight excluding hydrogens is 782 g/mol. The van der Waals surface area contributed by atoms with Gasteiger partial charge < -0.3 is 18.9 Å². The minimum absolute atomic E-state index is 0.0901. The van der Waals surface area contributed by atoms with E-state index in [0.29, 0.717) is 24.1 Å². The molecule has 0 saturated carbocycles. The minimum Gasteiger partial charge on any atom is -0.457 e. The largest absolute Gasteiger partial charge is 0.472 e. The van der Waals surface area contributed by atoms with Crippen molar-refractivity contribution in [2.24, 2.45) is 0 Å². The molecule has 0 aliphatic heterocycles. The molecule has 61 heavy (non-hydrogen) atoms. The molecule has 0 radical (unpaired) electrons. The molecule has 0 amide bonds. The second kappa shape index (κ2) is 45.5. The SMILES string of the molecule is CCCCCCC/C=C\C/C=C\CCCCCCCCCCCC(=O)OC(COCCCCCCCCCCCCCCCCCCCC)COP(=O)(O)OCC[N+](C)(C)C. The molecule has 1 N–H and O–H groups in total. The second-order valence-corrected chi connectivity index (χ2v) is 20.4. The van der Waals surface area contributed by atoms with Crippen LogP contribution in [0.1, 0.15) is 245 Å². The van der Waals surface area contributed by atoms with E-state index in [2.05, 4.69) is 38.2 Å². The number of carbonyl (C=O) groups excluding carboxylic acids is 1. The average Bonchev–Trinajstić information content (AvgIpc) is 3.22. The number of esters is 1. The van der Waals surface area contributed by atoms with Crippen molar-refractivity contribution in [2.45, 2.75) is 251 Å². The number of allylic oxidation sites excluding steroid dienone is 4. The van der Waals surface area contributed by atoms with E-state index >= 15 is 0 Å². The number of ether oxygens (including phenoxy) is 2. The summed E-state index contributed by atoms with van der Waals surface area (Å²) >= 11 is 0. The molecule has 2 atom stereocenters. The van der Waals surface area contributed by atoms with Gasteiger partial charge in [-0.2, -0.15) is 0 Å². The van der Waals surface area contributed by atoms with Crippen molar-refractivity contribution in [3.05, 3.63) is 24.3 Å². The Bertz CT molecular complexity index is 1030. The molecule has 2 unspecified atom stereocenters. The first-order valence-electron chi connectivity index (χ1n) is 26.1. The van der Waals surface area contributed by atoms with Gasteiger partial charge >= 0.3 is 13.8 Å². The smallest absolute Gasteiger partial charge is 0.457 e. The Hall–Kier alpha value is -1.02. The third-order valence-corrected chi connectivity index (χ3v) is 12.5. The van der Waals surface area contributed by atoms with Crippen LogP contribution in [0, 0.1) is 0 Å². The Balaban J connectivity index is 4.12. The number of carbonyl (C=O) groups is 1. The topological polar surface area (TPSA) is 91.3 Å². The number of rotatable bonds is 49. The van der Waals surface area contributed by atoms with Crippen LogP contribution in [0.2, 0.25) is 0 Å². The van der Waals surface area contributed by atoms with Crippen molar-refractivity contribution in [1.29, 1.82) is 0 Å². The molecule has 0 aromatic rings. The fourth-order valence-electron chi connectivity index (χ4n) is 7.47. The standard InChI is InChI=1S/C52H102NO7P/c1-6-8-10-12-14-16-18-20-22-24-26-27-28-29-31-33-35-37-39-41-43-45-52(54)60-51(50-59-61(55,56)58-48-46-53(3,4)5)49-57-47-44-42-40-38-36-34-32-30-25-23-21-19-17-15-13-11-9-7-2/h18,20,24,26,51H,6-17,19,21-23,25,27-50H2,1-5H3/p+1/b20-18-,26-24-. The molecule has 0 saturated heterocycles. The summed E-state index contributed by atoms with van der Waals surface area (Å²) in [7, 11) is 1.68. The van der Waals surface area contributed by atoms with E-state index in [1.165, 1.54) is 186 Å². The van der Waals surface area contributed by atoms with Gasteiger partial charge in [-0.15, -0.1) is 0 Å². The van der Waals surface area contributed by atoms with Gasteiger partial charge in [-0.25, -0.2) is 4.57 Å². The van der Waals surface area contributed by atoms with E-state index in [9.17, 15) is 14.3 Å². The van der Waals surface area contributed by atoms with Crippen LogP contribution < -0.4 is 0 Å². The molecule has 0 aliphatic rings. The number of likely N-dealkylation sites (N-methyl/N-ethyl adjacent to an activating group) is 1. The first-order chi connectivity index (χ1) is 29.6. The summed E-state index contributed by atoms with van der Waals surface area (Å²) in [5.41, 5.74) is 0. The van der Waals surface area contributed by atoms with Crippen molar-refractivity contribution in [2.75, 3.05) is 54.1 Å². The highest BCUT2D eigenvalue weighted by Gasteiger charge is 2.26. The first-order valence-corrected chi connectivity index (χ1v) is 27.6. The molecule has 0 heterocycles. The van der Waals surface area contributed by atoms with Gasteiger partial charge in [0.2, 0.25) is 0 Å². The predicted molar refractivity (Wildman–Crippen MR) is 261 cm³/mol. The molecule has 0 fully saturated rings. The maximum Gasteiger partial charge on any atom is 0.472 e. The van der Waals surface area contributed by atoms with Crippen molar-refractivity contribution in [3.8, 4) is 0 Å². The Morgan fingerprint density at radius 3 is 1.33 bits per heavy atom. The van der Waals surface area contributed by atoms with Gasteiger partial charge in [0.05, 0.1) is 34.4 Å². The van der Waals surface area contributed by atoms with Crippen LogP contribution in [0.5, 0.6) is 0 Å². The third kappa shape index (κ3) is 49.8. The van der Waals surface area contributed by atoms with E-state index in [4.69, 9.17) is 18.5 Å². The second-order valence-electron chi connectivity index (χ2n) is 18.9. The van der Waals surface area contributed by atoms with Crippen LogP contribution in [0.15, 0.2) is 24.3 Å². The summed E-state index contributed by atoms with van der Waals surface area (Å²) in [6.07, 6.45) is 53.6. The number of hydrogen-bond donors (Lipinski definition) is 1. The van der Waals surface area contributed by atoms with Crippen LogP contribution in [0.4, 0.5) is 0 Å². The molecule has 0 aromatic carbocycles. The van der Waals surface area contributed by atoms with Gasteiger partial charge in [0.25, 0.3) is 0 Å². The van der Waals surface area contributed by atoms with Crippen LogP contribution in [0.3, 0.4) is 0 Å². The van der Waals surface area contributed by atoms with Gasteiger partial charge in [0.15, 0.2) is 0 Å². The van der Waals surface area contributed by atoms with Gasteiger partial charge in [-0.1, -0.05) is 218 Å². The maximum atomic E-state index is 12.8. The van der Waals surface area contributed by atoms with Gasteiger partial charge in [-0.05, 0) is 44.9 Å². The fourth-order valence-corrected chi connectivity index (χ4v) is 8.21. The lowest BCUT2D eigenvalue weighted by atomic mass is 10.0. The van der Waals surface area contributed by atoms with E-state index in [1.54, 1.807) is 0 Å². The van der Waals surface area contributed by atoms with E-state index in [-0.39, 0.29) is 25.8 Å². The van der Waals surface area contributed by atoms with Gasteiger partial charge in [0, 0.05) is 13.0 Å². The number of unbranched alkanes of at least 4 members (excludes halogenated alkanes) is 31. The summed E-state index contributed by atoms with van der Waals surface area (Å²) < 4.78 is 35.2. The van der Waals surface area contributed by atoms with Crippen molar-refractivity contribution in [1.82, 2.24) is 0 Å². The summed E-state index contributed by atoms with van der Waals surface area (Å²) in [6.45, 7) is 5.66. The number of quaternary nitrogens is 1. The zero-order chi connectivity index (χ0) is 44.8. The summed E-state index contributed by atoms with van der Waals surface area (Å²) in [6, 6.07) is 0. The zero-order valence-electron chi connectivity index (χ0n) is 41.2. The molecule has 362 valence electrons. The van der Waals surface area contributed by atoms with E-state index < -0.39 is 13.9 Å². The number of hydrogen-bond acceptors (Lipinski definition) is 6. The summed E-state index contributed by atoms with van der Waals surface area (Å²) in [5, 5.41) is 0. The Labute approximate surface area is 379 Å². The Kier molecular flexibility index (Phi) is 44.8. The Morgan fingerprint density at radius 1 is 0.508 bits per heavy atom. The molecule has 8 nitrogen and oxygen atoms in total. The van der Waals surface area contributed by atoms with Crippen molar-refractivity contribution in [3.63, 3.8) is 0 Å². The average molecular weight is 885 g/mol. The summed E-state index contributed by atoms with van der Waals surface area (Å²) in [4.78, 5) is 23.0. The zero-order valence-corrected chi connectivity index (χ0v) is 42.1. The van der Waals surface area contributed by atoms with Gasteiger partial charge in [0.1, 0.15) is 19.3 Å². The first kappa shape index (κ1) is 60.0. The Morgan fingerprint density at radius 2 is 0.902 bits per heavy atom. The van der Waals surface area contributed by atoms with Crippen molar-refractivity contribution < 1.29 is 37.3 Å².